The Morgan fingerprint density at radius 2 is 1.45 bits per heavy atom. The van der Waals surface area contributed by atoms with Gasteiger partial charge in [0, 0.05) is 43.2 Å². The van der Waals surface area contributed by atoms with Crippen LogP contribution < -0.4 is 10.1 Å². The first-order valence-electron chi connectivity index (χ1n) is 18.3. The maximum atomic E-state index is 13.9. The summed E-state index contributed by atoms with van der Waals surface area (Å²) >= 11 is 0. The summed E-state index contributed by atoms with van der Waals surface area (Å²) in [5.74, 6) is -4.43. The average molecular weight is 743 g/mol. The van der Waals surface area contributed by atoms with Gasteiger partial charge in [-0.25, -0.2) is 0 Å². The van der Waals surface area contributed by atoms with Crippen LogP contribution in [-0.2, 0) is 19.7 Å². The van der Waals surface area contributed by atoms with Crippen LogP contribution in [0.1, 0.15) is 75.5 Å². The van der Waals surface area contributed by atoms with Crippen LogP contribution in [0.3, 0.4) is 0 Å². The van der Waals surface area contributed by atoms with Crippen LogP contribution in [0.5, 0.6) is 5.75 Å². The van der Waals surface area contributed by atoms with E-state index in [0.717, 1.165) is 51.0 Å². The first-order valence-corrected chi connectivity index (χ1v) is 18.3. The van der Waals surface area contributed by atoms with Gasteiger partial charge in [0.25, 0.3) is 0 Å². The lowest BCUT2D eigenvalue weighted by Crippen LogP contribution is -2.68. The molecule has 5 rings (SSSR count). The summed E-state index contributed by atoms with van der Waals surface area (Å²) in [4.78, 5) is 28.7. The molecule has 0 saturated carbocycles. The molecule has 8 nitrogen and oxygen atoms in total. The third-order valence-corrected chi connectivity index (χ3v) is 11.8. The number of nitrogens with one attached hydrogen (secondary N) is 1. The third kappa shape index (κ3) is 8.10. The van der Waals surface area contributed by atoms with Gasteiger partial charge in [-0.3, -0.25) is 9.59 Å². The molecule has 5 unspecified atom stereocenters. The highest BCUT2D eigenvalue weighted by Gasteiger charge is 2.65. The highest BCUT2D eigenvalue weighted by Crippen LogP contribution is 2.57. The molecule has 5 atom stereocenters. The van der Waals surface area contributed by atoms with E-state index in [-0.39, 0.29) is 30.4 Å². The minimum absolute atomic E-state index is 0.00220. The van der Waals surface area contributed by atoms with Crippen LogP contribution in [0, 0.1) is 10.8 Å². The van der Waals surface area contributed by atoms with Gasteiger partial charge in [0.1, 0.15) is 5.75 Å². The SMILES string of the molecule is CC1NC(C)C(CCCOCCCN2CCC(c3ccccc3)(c3ccccc3)CC2)(C(=O)O)C(c2cccc(OC(F)(F)C(F)F)c2)C1(C)C(=O)O. The average Bonchev–Trinajstić information content (AvgIpc) is 3.14. The molecule has 3 aromatic rings. The van der Waals surface area contributed by atoms with Crippen molar-refractivity contribution in [3.8, 4) is 5.75 Å². The molecule has 2 heterocycles. The molecule has 2 aliphatic rings. The molecule has 3 N–H and O–H groups in total. The number of carbonyl (C=O) groups is 2. The Bertz CT molecular complexity index is 1630. The topological polar surface area (TPSA) is 108 Å². The van der Waals surface area contributed by atoms with Crippen molar-refractivity contribution < 1.29 is 46.8 Å². The van der Waals surface area contributed by atoms with E-state index in [2.05, 4.69) is 63.5 Å². The van der Waals surface area contributed by atoms with Crippen LogP contribution in [0.15, 0.2) is 84.9 Å². The van der Waals surface area contributed by atoms with Crippen molar-refractivity contribution in [1.29, 1.82) is 0 Å². The summed E-state index contributed by atoms with van der Waals surface area (Å²) in [6.07, 6.45) is -5.87. The van der Waals surface area contributed by atoms with E-state index >= 15 is 0 Å². The quantitative estimate of drug-likeness (QED) is 0.101. The number of nitrogens with zero attached hydrogens (tertiary/aromatic N) is 1. The van der Waals surface area contributed by atoms with Crippen LogP contribution in [0.2, 0.25) is 0 Å². The Morgan fingerprint density at radius 3 is 2.00 bits per heavy atom. The van der Waals surface area contributed by atoms with Gasteiger partial charge in [0.15, 0.2) is 0 Å². The van der Waals surface area contributed by atoms with E-state index in [4.69, 9.17) is 4.74 Å². The molecule has 288 valence electrons. The Balaban J connectivity index is 1.23. The van der Waals surface area contributed by atoms with Crippen LogP contribution in [-0.4, -0.2) is 84.5 Å². The zero-order valence-corrected chi connectivity index (χ0v) is 30.4. The van der Waals surface area contributed by atoms with Crippen molar-refractivity contribution in [3.05, 3.63) is 102 Å². The lowest BCUT2D eigenvalue weighted by atomic mass is 9.51. The van der Waals surface area contributed by atoms with E-state index in [1.54, 1.807) is 13.8 Å². The van der Waals surface area contributed by atoms with Gasteiger partial charge in [0.2, 0.25) is 0 Å². The zero-order valence-electron chi connectivity index (χ0n) is 30.4. The summed E-state index contributed by atoms with van der Waals surface area (Å²) < 4.78 is 63.9. The van der Waals surface area contributed by atoms with Gasteiger partial charge in [0.05, 0.1) is 10.8 Å². The van der Waals surface area contributed by atoms with Crippen molar-refractivity contribution in [3.63, 3.8) is 0 Å². The van der Waals surface area contributed by atoms with Gasteiger partial charge >= 0.3 is 24.5 Å². The molecule has 0 aliphatic carbocycles. The molecule has 0 spiro atoms. The third-order valence-electron chi connectivity index (χ3n) is 11.8. The molecule has 0 amide bonds. The number of rotatable bonds is 16. The first-order chi connectivity index (χ1) is 25.2. The number of benzene rings is 3. The zero-order chi connectivity index (χ0) is 38.4. The second kappa shape index (κ2) is 16.6. The monoisotopic (exact) mass is 742 g/mol. The molecule has 0 radical (unpaired) electrons. The van der Waals surface area contributed by atoms with E-state index in [9.17, 15) is 37.4 Å². The summed E-state index contributed by atoms with van der Waals surface area (Å²) in [6.45, 7) is 8.11. The maximum Gasteiger partial charge on any atom is 0.461 e. The van der Waals surface area contributed by atoms with Crippen LogP contribution >= 0.6 is 0 Å². The number of alkyl halides is 4. The van der Waals surface area contributed by atoms with Gasteiger partial charge in [-0.1, -0.05) is 72.8 Å². The van der Waals surface area contributed by atoms with Crippen molar-refractivity contribution in [1.82, 2.24) is 10.2 Å². The number of halogens is 4. The van der Waals surface area contributed by atoms with Crippen molar-refractivity contribution in [2.45, 2.75) is 88.8 Å². The van der Waals surface area contributed by atoms with Gasteiger partial charge in [-0.2, -0.15) is 17.6 Å². The van der Waals surface area contributed by atoms with E-state index < -0.39 is 59.1 Å². The molecular formula is C41H50F4N2O6. The Labute approximate surface area is 308 Å². The molecular weight excluding hydrogens is 692 g/mol. The van der Waals surface area contributed by atoms with Crippen molar-refractivity contribution in [2.75, 3.05) is 32.8 Å². The Hall–Kier alpha value is -4.00. The van der Waals surface area contributed by atoms with Gasteiger partial charge < -0.3 is 29.9 Å². The van der Waals surface area contributed by atoms with Crippen LogP contribution in [0.4, 0.5) is 17.6 Å². The number of carboxylic acids is 2. The maximum absolute atomic E-state index is 13.9. The Morgan fingerprint density at radius 1 is 0.868 bits per heavy atom. The number of aliphatic carboxylic acids is 2. The summed E-state index contributed by atoms with van der Waals surface area (Å²) in [5.41, 5.74) is -0.770. The summed E-state index contributed by atoms with van der Waals surface area (Å²) in [7, 11) is 0. The number of carboxylic acid groups (broad SMARTS) is 2. The molecule has 2 saturated heterocycles. The number of hydrogen-bond donors (Lipinski definition) is 3. The highest BCUT2D eigenvalue weighted by atomic mass is 19.3. The second-order valence-corrected chi connectivity index (χ2v) is 14.7. The van der Waals surface area contributed by atoms with E-state index in [1.165, 1.54) is 30.2 Å². The normalized spacial score (nSPS) is 26.3. The predicted molar refractivity (Wildman–Crippen MR) is 193 cm³/mol. The molecule has 12 heteroatoms. The lowest BCUT2D eigenvalue weighted by molar-refractivity contribution is -0.253. The number of piperidine rings is 2. The molecule has 0 bridgehead atoms. The largest absolute Gasteiger partial charge is 0.481 e. The standard InChI is InChI=1S/C41H50F4N2O6/c1-28-38(3,36(48)49)34(30-13-10-18-33(27-30)53-41(44,45)35(42)43)40(37(50)51,29(2)46-28)19-11-25-52-26-12-22-47-23-20-39(21-24-47,31-14-6-4-7-15-31)32-16-8-5-9-17-32/h4-10,13-18,27-29,34-35,46H,11-12,19-26H2,1-3H3,(H,48,49)(H,50,51). The second-order valence-electron chi connectivity index (χ2n) is 14.7. The summed E-state index contributed by atoms with van der Waals surface area (Å²) in [6, 6.07) is 24.6. The van der Waals surface area contributed by atoms with E-state index in [0.29, 0.717) is 6.61 Å². The van der Waals surface area contributed by atoms with Crippen molar-refractivity contribution in [2.24, 2.45) is 10.8 Å². The molecule has 0 aromatic heterocycles. The molecule has 2 fully saturated rings. The smallest absolute Gasteiger partial charge is 0.461 e. The highest BCUT2D eigenvalue weighted by molar-refractivity contribution is 5.84. The fourth-order valence-electron chi connectivity index (χ4n) is 8.80. The van der Waals surface area contributed by atoms with E-state index in [1.807, 2.05) is 12.1 Å². The minimum Gasteiger partial charge on any atom is -0.481 e. The Kier molecular flexibility index (Phi) is 12.6. The van der Waals surface area contributed by atoms with Crippen LogP contribution in [0.25, 0.3) is 0 Å². The number of likely N-dealkylation sites (tertiary alicyclic amines) is 1. The molecule has 53 heavy (non-hydrogen) atoms. The predicted octanol–water partition coefficient (Wildman–Crippen LogP) is 7.82. The number of hydrogen-bond acceptors (Lipinski definition) is 6. The minimum atomic E-state index is -4.80. The fourth-order valence-corrected chi connectivity index (χ4v) is 8.80. The molecule has 3 aromatic carbocycles. The number of ether oxygens (including phenoxy) is 2. The van der Waals surface area contributed by atoms with Crippen molar-refractivity contribution >= 4 is 11.9 Å². The first kappa shape index (κ1) is 40.2. The summed E-state index contributed by atoms with van der Waals surface area (Å²) in [5, 5.41) is 24.6. The van der Waals surface area contributed by atoms with Gasteiger partial charge in [-0.15, -0.1) is 0 Å². The fraction of sp³-hybridized carbons (Fsp3) is 0.512. The lowest BCUT2D eigenvalue weighted by Gasteiger charge is -2.56. The van der Waals surface area contributed by atoms with Gasteiger partial charge in [-0.05, 0) is 94.8 Å². The molecule has 2 aliphatic heterocycles.